The molecule has 1 aliphatic rings. The summed E-state index contributed by atoms with van der Waals surface area (Å²) in [6.45, 7) is 2.38. The number of non-ortho nitro benzene ring substituents is 1. The van der Waals surface area contributed by atoms with Crippen LogP contribution in [0.15, 0.2) is 72.4 Å². The number of hydrogen-bond acceptors (Lipinski definition) is 6. The molecule has 0 aliphatic carbocycles. The summed E-state index contributed by atoms with van der Waals surface area (Å²) < 4.78 is 7.14. The molecule has 166 valence electrons. The van der Waals surface area contributed by atoms with Crippen LogP contribution in [-0.4, -0.2) is 33.0 Å². The number of ether oxygens (including phenoxy) is 1. The maximum atomic E-state index is 13.2. The number of carbonyl (C=O) groups excluding carboxylic acids is 2. The zero-order valence-corrected chi connectivity index (χ0v) is 18.2. The summed E-state index contributed by atoms with van der Waals surface area (Å²) in [6, 6.07) is 16.2. The molecule has 1 fully saturated rings. The van der Waals surface area contributed by atoms with E-state index in [0.717, 1.165) is 0 Å². The van der Waals surface area contributed by atoms with Crippen molar-refractivity contribution in [3.05, 3.63) is 88.2 Å². The minimum atomic E-state index is -0.608. The first-order valence-corrected chi connectivity index (χ1v) is 10.4. The van der Waals surface area contributed by atoms with Crippen molar-refractivity contribution in [2.75, 3.05) is 11.5 Å². The Kier molecular flexibility index (Phi) is 6.01. The molecule has 1 aliphatic heterocycles. The summed E-state index contributed by atoms with van der Waals surface area (Å²) in [7, 11) is 0. The molecule has 9 nitrogen and oxygen atoms in total. The Morgan fingerprint density at radius 3 is 2.36 bits per heavy atom. The molecule has 2 heterocycles. The summed E-state index contributed by atoms with van der Waals surface area (Å²) in [5, 5.41) is 13.4. The number of nitrogens with zero attached hydrogens (tertiary/aromatic N) is 3. The van der Waals surface area contributed by atoms with Crippen molar-refractivity contribution in [1.82, 2.24) is 9.88 Å². The van der Waals surface area contributed by atoms with Gasteiger partial charge in [0.25, 0.3) is 17.5 Å². The first kappa shape index (κ1) is 21.9. The number of anilines is 1. The molecule has 1 N–H and O–H groups in total. The lowest BCUT2D eigenvalue weighted by Gasteiger charge is -2.29. The van der Waals surface area contributed by atoms with E-state index in [4.69, 9.17) is 17.0 Å². The Morgan fingerprint density at radius 1 is 1.06 bits per heavy atom. The van der Waals surface area contributed by atoms with Gasteiger partial charge in [0.2, 0.25) is 0 Å². The maximum Gasteiger partial charge on any atom is 0.270 e. The number of amides is 2. The summed E-state index contributed by atoms with van der Waals surface area (Å²) in [5.41, 5.74) is 1.54. The van der Waals surface area contributed by atoms with Crippen molar-refractivity contribution < 1.29 is 19.2 Å². The van der Waals surface area contributed by atoms with Crippen LogP contribution in [0.3, 0.4) is 0 Å². The van der Waals surface area contributed by atoms with Crippen LogP contribution in [0.4, 0.5) is 11.4 Å². The van der Waals surface area contributed by atoms with Gasteiger partial charge in [0.05, 0.1) is 17.2 Å². The molecular weight excluding hydrogens is 444 g/mol. The van der Waals surface area contributed by atoms with Gasteiger partial charge in [-0.2, -0.15) is 0 Å². The van der Waals surface area contributed by atoms with E-state index in [2.05, 4.69) is 5.32 Å². The monoisotopic (exact) mass is 462 g/mol. The third kappa shape index (κ3) is 4.37. The number of hydrogen-bond donors (Lipinski definition) is 1. The van der Waals surface area contributed by atoms with Crippen LogP contribution in [0.5, 0.6) is 5.75 Å². The van der Waals surface area contributed by atoms with Gasteiger partial charge in [0, 0.05) is 29.7 Å². The Morgan fingerprint density at radius 2 is 1.73 bits per heavy atom. The third-order valence-corrected chi connectivity index (χ3v) is 5.20. The van der Waals surface area contributed by atoms with Crippen LogP contribution in [-0.2, 0) is 9.59 Å². The van der Waals surface area contributed by atoms with E-state index in [0.29, 0.717) is 29.4 Å². The second-order valence-electron chi connectivity index (χ2n) is 6.96. The van der Waals surface area contributed by atoms with E-state index in [9.17, 15) is 19.7 Å². The average molecular weight is 462 g/mol. The molecule has 0 spiro atoms. The van der Waals surface area contributed by atoms with Crippen LogP contribution >= 0.6 is 12.2 Å². The Labute approximate surface area is 194 Å². The smallest absolute Gasteiger partial charge is 0.270 e. The highest BCUT2D eigenvalue weighted by Gasteiger charge is 2.34. The predicted octanol–water partition coefficient (Wildman–Crippen LogP) is 3.62. The number of rotatable bonds is 6. The Hall–Kier alpha value is -4.31. The second-order valence-corrected chi connectivity index (χ2v) is 7.35. The highest BCUT2D eigenvalue weighted by atomic mass is 32.1. The third-order valence-electron chi connectivity index (χ3n) is 4.92. The molecule has 4 rings (SSSR count). The number of thiocarbonyl (C=S) groups is 1. The maximum absolute atomic E-state index is 13.2. The van der Waals surface area contributed by atoms with Crippen LogP contribution in [0.2, 0.25) is 0 Å². The Bertz CT molecular complexity index is 1280. The molecule has 10 heteroatoms. The van der Waals surface area contributed by atoms with Crippen molar-refractivity contribution in [3.8, 4) is 11.4 Å². The first-order valence-electron chi connectivity index (χ1n) is 9.95. The van der Waals surface area contributed by atoms with Crippen molar-refractivity contribution in [2.24, 2.45) is 0 Å². The standard InChI is InChI=1S/C23H18N4O5S/c1-2-32-19-11-9-16(10-12-19)26-22(29)20(21(28)24-23(26)33)14-18-4-3-13-25(18)15-5-7-17(8-6-15)27(30)31/h3-14H,2H2,1H3,(H,24,28,33)/b20-14+. The zero-order valence-electron chi connectivity index (χ0n) is 17.4. The van der Waals surface area contributed by atoms with Crippen molar-refractivity contribution >= 4 is 46.6 Å². The topological polar surface area (TPSA) is 107 Å². The van der Waals surface area contributed by atoms with E-state index in [1.54, 1.807) is 59.3 Å². The molecule has 2 aromatic carbocycles. The van der Waals surface area contributed by atoms with E-state index < -0.39 is 16.7 Å². The van der Waals surface area contributed by atoms with Gasteiger partial charge in [-0.25, -0.2) is 0 Å². The minimum absolute atomic E-state index is 0.0166. The van der Waals surface area contributed by atoms with Gasteiger partial charge in [0.1, 0.15) is 11.3 Å². The molecule has 0 radical (unpaired) electrons. The summed E-state index contributed by atoms with van der Waals surface area (Å²) in [5.74, 6) is -0.523. The molecule has 0 bridgehead atoms. The lowest BCUT2D eigenvalue weighted by atomic mass is 10.1. The molecule has 0 saturated carbocycles. The van der Waals surface area contributed by atoms with Crippen LogP contribution in [0.25, 0.3) is 11.8 Å². The molecule has 0 atom stereocenters. The quantitative estimate of drug-likeness (QED) is 0.197. The molecule has 33 heavy (non-hydrogen) atoms. The van der Waals surface area contributed by atoms with Gasteiger partial charge in [-0.3, -0.25) is 29.9 Å². The molecule has 2 amide bonds. The molecule has 1 saturated heterocycles. The molecule has 1 aromatic heterocycles. The van der Waals surface area contributed by atoms with Crippen LogP contribution in [0.1, 0.15) is 12.6 Å². The fourth-order valence-corrected chi connectivity index (χ4v) is 3.66. The number of nitro groups is 1. The zero-order chi connectivity index (χ0) is 23.5. The lowest BCUT2D eigenvalue weighted by Crippen LogP contribution is -2.54. The molecule has 3 aromatic rings. The molecular formula is C23H18N4O5S. The van der Waals surface area contributed by atoms with Gasteiger partial charge in [-0.1, -0.05) is 0 Å². The number of nitro benzene ring substituents is 1. The van der Waals surface area contributed by atoms with Gasteiger partial charge < -0.3 is 9.30 Å². The van der Waals surface area contributed by atoms with Crippen LogP contribution < -0.4 is 15.0 Å². The minimum Gasteiger partial charge on any atom is -0.494 e. The summed E-state index contributed by atoms with van der Waals surface area (Å²) >= 11 is 5.24. The number of carbonyl (C=O) groups is 2. The fraction of sp³-hybridized carbons (Fsp3) is 0.0870. The van der Waals surface area contributed by atoms with E-state index in [-0.39, 0.29) is 16.4 Å². The average Bonchev–Trinajstić information content (AvgIpc) is 3.26. The summed E-state index contributed by atoms with van der Waals surface area (Å²) in [6.07, 6.45) is 3.19. The van der Waals surface area contributed by atoms with Gasteiger partial charge in [0.15, 0.2) is 5.11 Å². The van der Waals surface area contributed by atoms with Gasteiger partial charge >= 0.3 is 0 Å². The largest absolute Gasteiger partial charge is 0.494 e. The number of aromatic nitrogens is 1. The lowest BCUT2D eigenvalue weighted by molar-refractivity contribution is -0.384. The first-order chi connectivity index (χ1) is 15.9. The predicted molar refractivity (Wildman–Crippen MR) is 126 cm³/mol. The normalized spacial score (nSPS) is 15.0. The second kappa shape index (κ2) is 9.05. The Balaban J connectivity index is 1.67. The van der Waals surface area contributed by atoms with Gasteiger partial charge in [-0.05, 0) is 73.7 Å². The number of benzene rings is 2. The van der Waals surface area contributed by atoms with Crippen LogP contribution in [0, 0.1) is 10.1 Å². The SMILES string of the molecule is CCOc1ccc(N2C(=O)/C(=C/c3cccn3-c3ccc([N+](=O)[O-])cc3)C(=O)NC2=S)cc1. The van der Waals surface area contributed by atoms with Crippen molar-refractivity contribution in [3.63, 3.8) is 0 Å². The molecule has 0 unspecified atom stereocenters. The van der Waals surface area contributed by atoms with Crippen molar-refractivity contribution in [2.45, 2.75) is 6.92 Å². The highest BCUT2D eigenvalue weighted by molar-refractivity contribution is 7.80. The summed E-state index contributed by atoms with van der Waals surface area (Å²) in [4.78, 5) is 37.5. The van der Waals surface area contributed by atoms with Gasteiger partial charge in [-0.15, -0.1) is 0 Å². The van der Waals surface area contributed by atoms with Crippen molar-refractivity contribution in [1.29, 1.82) is 0 Å². The fourth-order valence-electron chi connectivity index (χ4n) is 3.38. The van der Waals surface area contributed by atoms with E-state index in [1.807, 2.05) is 6.92 Å². The number of nitrogens with one attached hydrogen (secondary N) is 1. The highest BCUT2D eigenvalue weighted by Crippen LogP contribution is 2.25. The van der Waals surface area contributed by atoms with E-state index in [1.165, 1.54) is 23.1 Å². The van der Waals surface area contributed by atoms with E-state index >= 15 is 0 Å².